The highest BCUT2D eigenvalue weighted by Gasteiger charge is 2.05. The van der Waals surface area contributed by atoms with Crippen LogP contribution in [0.15, 0.2) is 54.6 Å². The van der Waals surface area contributed by atoms with Crippen LogP contribution in [0.5, 0.6) is 11.5 Å². The van der Waals surface area contributed by atoms with E-state index in [-0.39, 0.29) is 0 Å². The van der Waals surface area contributed by atoms with Crippen molar-refractivity contribution < 1.29 is 9.47 Å². The monoisotopic (exact) mass is 336 g/mol. The van der Waals surface area contributed by atoms with Gasteiger partial charge < -0.3 is 20.1 Å². The number of benzene rings is 2. The lowest BCUT2D eigenvalue weighted by atomic mass is 10.3. The SMILES string of the molecule is COc1ccc(Nc2nc(C)cc(Nc3cccc(OC)c3)n2)cc1. The Labute approximate surface area is 146 Å². The first-order valence-electron chi connectivity index (χ1n) is 7.84. The predicted octanol–water partition coefficient (Wildman–Crippen LogP) is 4.29. The molecule has 0 radical (unpaired) electrons. The Kier molecular flexibility index (Phi) is 4.99. The van der Waals surface area contributed by atoms with Crippen LogP contribution in [0.25, 0.3) is 0 Å². The summed E-state index contributed by atoms with van der Waals surface area (Å²) in [6, 6.07) is 17.2. The minimum absolute atomic E-state index is 0.524. The van der Waals surface area contributed by atoms with Crippen LogP contribution < -0.4 is 20.1 Å². The number of methoxy groups -OCH3 is 2. The Hall–Kier alpha value is -3.28. The van der Waals surface area contributed by atoms with E-state index < -0.39 is 0 Å². The van der Waals surface area contributed by atoms with E-state index in [9.17, 15) is 0 Å². The maximum Gasteiger partial charge on any atom is 0.229 e. The molecule has 0 saturated carbocycles. The molecule has 0 fully saturated rings. The number of anilines is 4. The van der Waals surface area contributed by atoms with E-state index in [0.717, 1.165) is 28.6 Å². The Balaban J connectivity index is 1.79. The molecule has 2 aromatic carbocycles. The molecule has 0 amide bonds. The first-order chi connectivity index (χ1) is 12.2. The topological polar surface area (TPSA) is 68.3 Å². The van der Waals surface area contributed by atoms with Gasteiger partial charge in [0.05, 0.1) is 14.2 Å². The normalized spacial score (nSPS) is 10.2. The van der Waals surface area contributed by atoms with Gasteiger partial charge in [0.25, 0.3) is 0 Å². The summed E-state index contributed by atoms with van der Waals surface area (Å²) in [4.78, 5) is 8.95. The maximum atomic E-state index is 5.24. The number of nitrogens with zero attached hydrogens (tertiary/aromatic N) is 2. The summed E-state index contributed by atoms with van der Waals surface area (Å²) in [5, 5.41) is 6.48. The fraction of sp³-hybridized carbons (Fsp3) is 0.158. The van der Waals surface area contributed by atoms with Crippen molar-refractivity contribution in [2.45, 2.75) is 6.92 Å². The summed E-state index contributed by atoms with van der Waals surface area (Å²) in [5.41, 5.74) is 2.64. The molecule has 3 rings (SSSR count). The summed E-state index contributed by atoms with van der Waals surface area (Å²) < 4.78 is 10.4. The number of hydrogen-bond donors (Lipinski definition) is 2. The standard InChI is InChI=1S/C19H20N4O2/c1-13-11-18(21-15-5-4-6-17(12-15)25-3)23-19(20-13)22-14-7-9-16(24-2)10-8-14/h4-12H,1-3H3,(H2,20,21,22,23). The average molecular weight is 336 g/mol. The number of rotatable bonds is 6. The molecule has 0 atom stereocenters. The number of aryl methyl sites for hydroxylation is 1. The quantitative estimate of drug-likeness (QED) is 0.700. The van der Waals surface area contributed by atoms with E-state index in [0.29, 0.717) is 11.8 Å². The number of hydrogen-bond acceptors (Lipinski definition) is 6. The highest BCUT2D eigenvalue weighted by molar-refractivity contribution is 5.61. The first-order valence-corrected chi connectivity index (χ1v) is 7.84. The molecule has 128 valence electrons. The molecule has 6 nitrogen and oxygen atoms in total. The third-order valence-electron chi connectivity index (χ3n) is 3.54. The van der Waals surface area contributed by atoms with E-state index in [4.69, 9.17) is 9.47 Å². The summed E-state index contributed by atoms with van der Waals surface area (Å²) in [7, 11) is 3.29. The van der Waals surface area contributed by atoms with Crippen molar-refractivity contribution in [1.82, 2.24) is 9.97 Å². The van der Waals surface area contributed by atoms with Gasteiger partial charge in [0.2, 0.25) is 5.95 Å². The van der Waals surface area contributed by atoms with Gasteiger partial charge in [-0.2, -0.15) is 4.98 Å². The molecule has 6 heteroatoms. The molecule has 2 N–H and O–H groups in total. The van der Waals surface area contributed by atoms with Gasteiger partial charge in [-0.1, -0.05) is 6.07 Å². The third-order valence-corrected chi connectivity index (χ3v) is 3.54. The highest BCUT2D eigenvalue weighted by atomic mass is 16.5. The fourth-order valence-electron chi connectivity index (χ4n) is 2.34. The zero-order chi connectivity index (χ0) is 17.6. The lowest BCUT2D eigenvalue weighted by molar-refractivity contribution is 0.415. The van der Waals surface area contributed by atoms with Crippen LogP contribution in [0.2, 0.25) is 0 Å². The van der Waals surface area contributed by atoms with E-state index >= 15 is 0 Å². The number of aromatic nitrogens is 2. The van der Waals surface area contributed by atoms with Crippen molar-refractivity contribution in [3.05, 3.63) is 60.3 Å². The summed E-state index contributed by atoms with van der Waals surface area (Å²) in [6.45, 7) is 1.93. The van der Waals surface area contributed by atoms with Crippen LogP contribution in [0.3, 0.4) is 0 Å². The second-order valence-electron chi connectivity index (χ2n) is 5.43. The Morgan fingerprint density at radius 2 is 1.52 bits per heavy atom. The van der Waals surface area contributed by atoms with E-state index in [2.05, 4.69) is 20.6 Å². The average Bonchev–Trinajstić information content (AvgIpc) is 2.62. The first kappa shape index (κ1) is 16.6. The van der Waals surface area contributed by atoms with Crippen LogP contribution >= 0.6 is 0 Å². The Morgan fingerprint density at radius 3 is 2.24 bits per heavy atom. The van der Waals surface area contributed by atoms with Crippen molar-refractivity contribution >= 4 is 23.1 Å². The molecule has 3 aromatic rings. The van der Waals surface area contributed by atoms with E-state index in [1.165, 1.54) is 0 Å². The van der Waals surface area contributed by atoms with Gasteiger partial charge in [0.15, 0.2) is 0 Å². The van der Waals surface area contributed by atoms with E-state index in [1.54, 1.807) is 14.2 Å². The predicted molar refractivity (Wildman–Crippen MR) is 99.3 cm³/mol. The summed E-state index contributed by atoms with van der Waals surface area (Å²) in [6.07, 6.45) is 0. The van der Waals surface area contributed by atoms with Gasteiger partial charge in [-0.25, -0.2) is 4.98 Å². The lowest BCUT2D eigenvalue weighted by Crippen LogP contribution is -2.02. The van der Waals surface area contributed by atoms with Crippen molar-refractivity contribution in [3.8, 4) is 11.5 Å². The lowest BCUT2D eigenvalue weighted by Gasteiger charge is -2.11. The molecule has 0 spiro atoms. The van der Waals surface area contributed by atoms with Crippen LogP contribution in [0.4, 0.5) is 23.1 Å². The zero-order valence-electron chi connectivity index (χ0n) is 14.4. The molecular formula is C19H20N4O2. The van der Waals surface area contributed by atoms with Gasteiger partial charge in [-0.15, -0.1) is 0 Å². The molecule has 0 aliphatic rings. The molecule has 0 aliphatic heterocycles. The second-order valence-corrected chi connectivity index (χ2v) is 5.43. The van der Waals surface area contributed by atoms with Crippen molar-refractivity contribution in [3.63, 3.8) is 0 Å². The largest absolute Gasteiger partial charge is 0.497 e. The molecule has 0 bridgehead atoms. The van der Waals surface area contributed by atoms with Crippen molar-refractivity contribution in [1.29, 1.82) is 0 Å². The second kappa shape index (κ2) is 7.53. The Bertz CT molecular complexity index is 850. The van der Waals surface area contributed by atoms with Gasteiger partial charge in [0, 0.05) is 29.2 Å². The molecule has 0 unspecified atom stereocenters. The van der Waals surface area contributed by atoms with Crippen molar-refractivity contribution in [2.75, 3.05) is 24.9 Å². The molecule has 25 heavy (non-hydrogen) atoms. The van der Waals surface area contributed by atoms with Gasteiger partial charge in [0.1, 0.15) is 17.3 Å². The molecule has 0 aliphatic carbocycles. The van der Waals surface area contributed by atoms with Crippen LogP contribution in [-0.4, -0.2) is 24.2 Å². The molecule has 0 saturated heterocycles. The Morgan fingerprint density at radius 1 is 0.760 bits per heavy atom. The smallest absolute Gasteiger partial charge is 0.229 e. The highest BCUT2D eigenvalue weighted by Crippen LogP contribution is 2.23. The van der Waals surface area contributed by atoms with Gasteiger partial charge in [-0.05, 0) is 43.3 Å². The molecule has 1 aromatic heterocycles. The molecular weight excluding hydrogens is 316 g/mol. The minimum atomic E-state index is 0.524. The van der Waals surface area contributed by atoms with Crippen molar-refractivity contribution in [2.24, 2.45) is 0 Å². The zero-order valence-corrected chi connectivity index (χ0v) is 14.4. The minimum Gasteiger partial charge on any atom is -0.497 e. The van der Waals surface area contributed by atoms with E-state index in [1.807, 2.05) is 61.5 Å². The maximum absolute atomic E-state index is 5.24. The van der Waals surface area contributed by atoms with Crippen LogP contribution in [0.1, 0.15) is 5.69 Å². The summed E-state index contributed by atoms with van der Waals surface area (Å²) >= 11 is 0. The number of nitrogens with one attached hydrogen (secondary N) is 2. The van der Waals surface area contributed by atoms with Gasteiger partial charge in [-0.3, -0.25) is 0 Å². The van der Waals surface area contributed by atoms with Crippen LogP contribution in [-0.2, 0) is 0 Å². The van der Waals surface area contributed by atoms with Gasteiger partial charge >= 0.3 is 0 Å². The van der Waals surface area contributed by atoms with Crippen LogP contribution in [0, 0.1) is 6.92 Å². The summed E-state index contributed by atoms with van der Waals surface area (Å²) in [5.74, 6) is 2.82. The molecule has 1 heterocycles. The third kappa shape index (κ3) is 4.38. The fourth-order valence-corrected chi connectivity index (χ4v) is 2.34. The number of ether oxygens (including phenoxy) is 2.